The van der Waals surface area contributed by atoms with Gasteiger partial charge in [0.25, 0.3) is 5.91 Å². The maximum absolute atomic E-state index is 14.4. The van der Waals surface area contributed by atoms with Gasteiger partial charge in [-0.1, -0.05) is 36.9 Å². The number of fused-ring (bicyclic) bond motifs is 1. The van der Waals surface area contributed by atoms with E-state index in [0.29, 0.717) is 32.2 Å². The average molecular weight is 497 g/mol. The van der Waals surface area contributed by atoms with E-state index in [1.165, 1.54) is 6.08 Å². The summed E-state index contributed by atoms with van der Waals surface area (Å²) in [6, 6.07) is 4.97. The Hall–Kier alpha value is -2.97. The van der Waals surface area contributed by atoms with Gasteiger partial charge in [0, 0.05) is 25.4 Å². The van der Waals surface area contributed by atoms with Gasteiger partial charge in [0.1, 0.15) is 18.2 Å². The first kappa shape index (κ1) is 26.1. The standard InChI is InChI=1S/C28H36N2O6/c1-5-14-29(23-18(3)10-9-11-19(23)4)26(33)24-28-13-12-20(36-28)21(27(34)35-17-6-2)22(28)25(32)30(24)15-7-8-16-31/h5-6,9-11,20-22,24,31H,1-2,7-8,12-17H2,3-4H3/t20-,21+,22+,24?,28?/m1/s1. The summed E-state index contributed by atoms with van der Waals surface area (Å²) in [5.41, 5.74) is 1.58. The normalized spacial score (nSPS) is 28.2. The summed E-state index contributed by atoms with van der Waals surface area (Å²) in [5.74, 6) is -2.51. The minimum atomic E-state index is -1.09. The van der Waals surface area contributed by atoms with Crippen LogP contribution in [0.2, 0.25) is 0 Å². The third kappa shape index (κ3) is 4.16. The monoisotopic (exact) mass is 496 g/mol. The highest BCUT2D eigenvalue weighted by Gasteiger charge is 2.75. The van der Waals surface area contributed by atoms with Crippen LogP contribution in [-0.4, -0.2) is 71.8 Å². The number of rotatable bonds is 11. The van der Waals surface area contributed by atoms with Crippen LogP contribution < -0.4 is 4.90 Å². The van der Waals surface area contributed by atoms with Crippen molar-refractivity contribution in [3.63, 3.8) is 0 Å². The zero-order valence-corrected chi connectivity index (χ0v) is 21.2. The molecule has 2 bridgehead atoms. The smallest absolute Gasteiger partial charge is 0.312 e. The van der Waals surface area contributed by atoms with Crippen LogP contribution in [0.4, 0.5) is 5.69 Å². The van der Waals surface area contributed by atoms with Crippen molar-refractivity contribution in [1.82, 2.24) is 4.90 Å². The summed E-state index contributed by atoms with van der Waals surface area (Å²) in [4.78, 5) is 44.6. The fourth-order valence-corrected chi connectivity index (χ4v) is 6.37. The lowest BCUT2D eigenvalue weighted by molar-refractivity contribution is -0.154. The molecule has 8 heteroatoms. The number of para-hydroxylation sites is 1. The van der Waals surface area contributed by atoms with Crippen LogP contribution in [0.3, 0.4) is 0 Å². The number of amides is 2. The van der Waals surface area contributed by atoms with Gasteiger partial charge in [-0.15, -0.1) is 6.58 Å². The van der Waals surface area contributed by atoms with Crippen molar-refractivity contribution in [2.24, 2.45) is 11.8 Å². The quantitative estimate of drug-likeness (QED) is 0.288. The van der Waals surface area contributed by atoms with Crippen molar-refractivity contribution in [3.05, 3.63) is 54.6 Å². The van der Waals surface area contributed by atoms with Crippen molar-refractivity contribution in [2.45, 2.75) is 57.3 Å². The Morgan fingerprint density at radius 1 is 1.25 bits per heavy atom. The molecule has 3 saturated heterocycles. The molecule has 8 nitrogen and oxygen atoms in total. The third-order valence-electron chi connectivity index (χ3n) is 7.74. The lowest BCUT2D eigenvalue weighted by Gasteiger charge is -2.37. The van der Waals surface area contributed by atoms with E-state index in [9.17, 15) is 19.5 Å². The van der Waals surface area contributed by atoms with Crippen molar-refractivity contribution in [1.29, 1.82) is 0 Å². The van der Waals surface area contributed by atoms with Crippen LogP contribution in [0, 0.1) is 25.7 Å². The Morgan fingerprint density at radius 3 is 2.61 bits per heavy atom. The summed E-state index contributed by atoms with van der Waals surface area (Å²) < 4.78 is 11.8. The minimum absolute atomic E-state index is 0.00468. The van der Waals surface area contributed by atoms with Crippen molar-refractivity contribution >= 4 is 23.5 Å². The first-order chi connectivity index (χ1) is 17.3. The molecule has 36 heavy (non-hydrogen) atoms. The second-order valence-electron chi connectivity index (χ2n) is 9.91. The largest absolute Gasteiger partial charge is 0.461 e. The summed E-state index contributed by atoms with van der Waals surface area (Å²) in [6.45, 7) is 12.0. The van der Waals surface area contributed by atoms with E-state index in [4.69, 9.17) is 9.47 Å². The van der Waals surface area contributed by atoms with E-state index in [-0.39, 0.29) is 31.6 Å². The number of esters is 1. The Kier molecular flexibility index (Phi) is 7.66. The molecule has 5 atom stereocenters. The van der Waals surface area contributed by atoms with E-state index in [1.807, 2.05) is 32.0 Å². The maximum Gasteiger partial charge on any atom is 0.312 e. The minimum Gasteiger partial charge on any atom is -0.461 e. The van der Waals surface area contributed by atoms with Crippen molar-refractivity contribution in [2.75, 3.05) is 31.2 Å². The van der Waals surface area contributed by atoms with E-state index in [2.05, 4.69) is 13.2 Å². The number of ether oxygens (including phenoxy) is 2. The van der Waals surface area contributed by atoms with Crippen molar-refractivity contribution < 1.29 is 29.0 Å². The predicted octanol–water partition coefficient (Wildman–Crippen LogP) is 2.70. The first-order valence-corrected chi connectivity index (χ1v) is 12.7. The molecule has 4 rings (SSSR count). The van der Waals surface area contributed by atoms with Gasteiger partial charge in [-0.25, -0.2) is 0 Å². The van der Waals surface area contributed by atoms with Gasteiger partial charge in [0.05, 0.1) is 17.9 Å². The molecule has 1 aromatic rings. The van der Waals surface area contributed by atoms with Crippen LogP contribution in [0.15, 0.2) is 43.5 Å². The molecule has 0 aromatic heterocycles. The SMILES string of the molecule is C=CCOC(=O)[C@@H]1[C@H]2C(=O)N(CCCCO)C(C(=O)N(CC=C)c3c(C)cccc3C)C23CC[C@H]1O3. The molecule has 1 N–H and O–H groups in total. The molecule has 0 aliphatic carbocycles. The second kappa shape index (κ2) is 10.6. The number of likely N-dealkylation sites (tertiary alicyclic amines) is 1. The maximum atomic E-state index is 14.4. The molecule has 3 aliphatic rings. The first-order valence-electron chi connectivity index (χ1n) is 12.7. The van der Waals surface area contributed by atoms with E-state index < -0.39 is 35.6 Å². The van der Waals surface area contributed by atoms with Gasteiger partial charge in [-0.3, -0.25) is 14.4 Å². The number of aliphatic hydroxyl groups excluding tert-OH is 1. The van der Waals surface area contributed by atoms with Gasteiger partial charge in [-0.05, 0) is 50.7 Å². The number of hydrogen-bond acceptors (Lipinski definition) is 6. The lowest BCUT2D eigenvalue weighted by atomic mass is 9.70. The third-order valence-corrected chi connectivity index (χ3v) is 7.74. The van der Waals surface area contributed by atoms with Crippen LogP contribution in [0.5, 0.6) is 0 Å². The zero-order chi connectivity index (χ0) is 26.0. The number of unbranched alkanes of at least 4 members (excludes halogenated alkanes) is 1. The average Bonchev–Trinajstić information content (AvgIpc) is 3.49. The number of benzene rings is 1. The van der Waals surface area contributed by atoms with E-state index in [1.54, 1.807) is 15.9 Å². The molecular weight excluding hydrogens is 460 g/mol. The predicted molar refractivity (Wildman–Crippen MR) is 135 cm³/mol. The second-order valence-corrected chi connectivity index (χ2v) is 9.91. The molecule has 3 heterocycles. The fraction of sp³-hybridized carbons (Fsp3) is 0.536. The Balaban J connectivity index is 1.77. The summed E-state index contributed by atoms with van der Waals surface area (Å²) >= 11 is 0. The molecular formula is C28H36N2O6. The number of hydrogen-bond donors (Lipinski definition) is 1. The highest BCUT2D eigenvalue weighted by molar-refractivity contribution is 6.05. The van der Waals surface area contributed by atoms with Crippen LogP contribution >= 0.6 is 0 Å². The molecule has 0 saturated carbocycles. The molecule has 1 aromatic carbocycles. The lowest BCUT2D eigenvalue weighted by Crippen LogP contribution is -2.56. The fourth-order valence-electron chi connectivity index (χ4n) is 6.37. The zero-order valence-electron chi connectivity index (χ0n) is 21.2. The molecule has 2 unspecified atom stereocenters. The number of nitrogens with zero attached hydrogens (tertiary/aromatic N) is 2. The van der Waals surface area contributed by atoms with Crippen LogP contribution in [-0.2, 0) is 23.9 Å². The Bertz CT molecular complexity index is 1030. The van der Waals surface area contributed by atoms with Gasteiger partial charge in [0.2, 0.25) is 5.91 Å². The number of aliphatic hydroxyl groups is 1. The number of aryl methyl sites for hydroxylation is 2. The molecule has 194 valence electrons. The van der Waals surface area contributed by atoms with Gasteiger partial charge < -0.3 is 24.4 Å². The van der Waals surface area contributed by atoms with E-state index >= 15 is 0 Å². The van der Waals surface area contributed by atoms with Crippen LogP contribution in [0.1, 0.15) is 36.8 Å². The molecule has 3 fully saturated rings. The Morgan fingerprint density at radius 2 is 1.97 bits per heavy atom. The molecule has 1 spiro atoms. The summed E-state index contributed by atoms with van der Waals surface area (Å²) in [7, 11) is 0. The molecule has 3 aliphatic heterocycles. The Labute approximate surface area is 212 Å². The topological polar surface area (TPSA) is 96.4 Å². The number of anilines is 1. The summed E-state index contributed by atoms with van der Waals surface area (Å²) in [6.07, 6.45) is 4.84. The van der Waals surface area contributed by atoms with Gasteiger partial charge in [-0.2, -0.15) is 0 Å². The van der Waals surface area contributed by atoms with E-state index in [0.717, 1.165) is 16.8 Å². The highest BCUT2D eigenvalue weighted by Crippen LogP contribution is 2.59. The number of carbonyl (C=O) groups excluding carboxylic acids is 3. The number of carbonyl (C=O) groups is 3. The van der Waals surface area contributed by atoms with Crippen LogP contribution in [0.25, 0.3) is 0 Å². The molecule has 0 radical (unpaired) electrons. The summed E-state index contributed by atoms with van der Waals surface area (Å²) in [5, 5.41) is 9.33. The molecule has 2 amide bonds. The van der Waals surface area contributed by atoms with Gasteiger partial charge >= 0.3 is 5.97 Å². The van der Waals surface area contributed by atoms with Gasteiger partial charge in [0.15, 0.2) is 0 Å². The van der Waals surface area contributed by atoms with Crippen molar-refractivity contribution in [3.8, 4) is 0 Å². The highest BCUT2D eigenvalue weighted by atomic mass is 16.6.